The second-order valence-electron chi connectivity index (χ2n) is 6.85. The molecule has 168 valence electrons. The van der Waals surface area contributed by atoms with Gasteiger partial charge in [0.1, 0.15) is 22.9 Å². The summed E-state index contributed by atoms with van der Waals surface area (Å²) >= 11 is 0. The van der Waals surface area contributed by atoms with Gasteiger partial charge in [0.15, 0.2) is 11.5 Å². The second-order valence-corrected chi connectivity index (χ2v) is 6.85. The number of rotatable bonds is 8. The van der Waals surface area contributed by atoms with Gasteiger partial charge in [0.25, 0.3) is 11.4 Å². The smallest absolute Gasteiger partial charge is 0.273 e. The molecule has 10 nitrogen and oxygen atoms in total. The highest BCUT2D eigenvalue weighted by Crippen LogP contribution is 2.39. The number of hydrogen-bond acceptors (Lipinski definition) is 8. The zero-order valence-corrected chi connectivity index (χ0v) is 17.5. The monoisotopic (exact) mass is 456 g/mol. The molecule has 0 aliphatic carbocycles. The number of ether oxygens (including phenoxy) is 2. The third-order valence-electron chi connectivity index (χ3n) is 4.52. The molecule has 0 saturated carbocycles. The standard InChI is InChI=1S/C24H16N4O6/c29-27(30)17-11-13-21(23(15-17)33-19-7-3-1-4-8-19)25-26-22-14-12-18(28(31)32)16-24(22)34-20-9-5-2-6-10-20/h1-16H. The van der Waals surface area contributed by atoms with Crippen molar-refractivity contribution in [2.45, 2.75) is 0 Å². The van der Waals surface area contributed by atoms with E-state index in [1.54, 1.807) is 48.5 Å². The van der Waals surface area contributed by atoms with E-state index in [0.717, 1.165) is 0 Å². The van der Waals surface area contributed by atoms with Crippen molar-refractivity contribution in [2.24, 2.45) is 10.2 Å². The van der Waals surface area contributed by atoms with Crippen LogP contribution < -0.4 is 9.47 Å². The summed E-state index contributed by atoms with van der Waals surface area (Å²) in [7, 11) is 0. The quantitative estimate of drug-likeness (QED) is 0.153. The maximum Gasteiger partial charge on any atom is 0.273 e. The fraction of sp³-hybridized carbons (Fsp3) is 0. The number of nitrogens with zero attached hydrogens (tertiary/aromatic N) is 4. The van der Waals surface area contributed by atoms with Crippen LogP contribution in [-0.4, -0.2) is 9.85 Å². The Hall–Kier alpha value is -5.12. The Bertz CT molecular complexity index is 1260. The van der Waals surface area contributed by atoms with Crippen LogP contribution in [0.15, 0.2) is 107 Å². The average molecular weight is 456 g/mol. The molecule has 0 unspecified atom stereocenters. The van der Waals surface area contributed by atoms with Gasteiger partial charge in [-0.05, 0) is 36.4 Å². The van der Waals surface area contributed by atoms with Gasteiger partial charge < -0.3 is 9.47 Å². The summed E-state index contributed by atoms with van der Waals surface area (Å²) in [6.07, 6.45) is 0. The molecular formula is C24H16N4O6. The summed E-state index contributed by atoms with van der Waals surface area (Å²) in [5, 5.41) is 30.8. The summed E-state index contributed by atoms with van der Waals surface area (Å²) in [5.74, 6) is 1.17. The van der Waals surface area contributed by atoms with Gasteiger partial charge in [-0.25, -0.2) is 0 Å². The first-order valence-corrected chi connectivity index (χ1v) is 9.94. The predicted octanol–water partition coefficient (Wildman–Crippen LogP) is 7.50. The van der Waals surface area contributed by atoms with Crippen molar-refractivity contribution < 1.29 is 19.3 Å². The first-order valence-electron chi connectivity index (χ1n) is 9.94. The van der Waals surface area contributed by atoms with Gasteiger partial charge in [-0.15, -0.1) is 10.2 Å². The SMILES string of the molecule is O=[N+]([O-])c1ccc(N=Nc2ccc([N+](=O)[O-])cc2Oc2ccccc2)c(Oc2ccccc2)c1. The number of nitro benzene ring substituents is 2. The topological polar surface area (TPSA) is 129 Å². The van der Waals surface area contributed by atoms with Crippen molar-refractivity contribution in [2.75, 3.05) is 0 Å². The van der Waals surface area contributed by atoms with E-state index in [0.29, 0.717) is 11.5 Å². The van der Waals surface area contributed by atoms with E-state index in [9.17, 15) is 20.2 Å². The van der Waals surface area contributed by atoms with E-state index in [-0.39, 0.29) is 34.2 Å². The lowest BCUT2D eigenvalue weighted by atomic mass is 10.2. The van der Waals surface area contributed by atoms with Crippen LogP contribution in [-0.2, 0) is 0 Å². The second kappa shape index (κ2) is 10.0. The summed E-state index contributed by atoms with van der Waals surface area (Å²) in [6.45, 7) is 0. The van der Waals surface area contributed by atoms with Crippen LogP contribution in [0.2, 0.25) is 0 Å². The molecule has 4 aromatic rings. The molecule has 0 aliphatic heterocycles. The molecule has 0 bridgehead atoms. The average Bonchev–Trinajstić information content (AvgIpc) is 2.85. The number of benzene rings is 4. The normalized spacial score (nSPS) is 10.7. The minimum atomic E-state index is -0.541. The van der Waals surface area contributed by atoms with Crippen LogP contribution >= 0.6 is 0 Å². The van der Waals surface area contributed by atoms with E-state index >= 15 is 0 Å². The fourth-order valence-electron chi connectivity index (χ4n) is 2.90. The van der Waals surface area contributed by atoms with Gasteiger partial charge >= 0.3 is 0 Å². The molecule has 0 aliphatic rings. The molecule has 0 radical (unpaired) electrons. The number of nitro groups is 2. The van der Waals surface area contributed by atoms with Gasteiger partial charge in [0.05, 0.1) is 22.0 Å². The van der Waals surface area contributed by atoms with E-state index < -0.39 is 9.85 Å². The molecule has 10 heteroatoms. The van der Waals surface area contributed by atoms with Crippen LogP contribution in [0.4, 0.5) is 22.7 Å². The van der Waals surface area contributed by atoms with E-state index in [2.05, 4.69) is 10.2 Å². The first-order chi connectivity index (χ1) is 16.5. The Morgan fingerprint density at radius 3 is 1.29 bits per heavy atom. The maximum absolute atomic E-state index is 11.2. The van der Waals surface area contributed by atoms with Gasteiger partial charge in [0.2, 0.25) is 0 Å². The van der Waals surface area contributed by atoms with Crippen molar-refractivity contribution >= 4 is 22.7 Å². The molecule has 0 atom stereocenters. The van der Waals surface area contributed by atoms with Crippen LogP contribution in [0.5, 0.6) is 23.0 Å². The van der Waals surface area contributed by atoms with E-state index in [4.69, 9.17) is 9.47 Å². The summed E-state index contributed by atoms with van der Waals surface area (Å²) in [6, 6.07) is 25.3. The highest BCUT2D eigenvalue weighted by atomic mass is 16.6. The Labute approximate surface area is 193 Å². The minimum absolute atomic E-state index is 0.122. The highest BCUT2D eigenvalue weighted by Gasteiger charge is 2.15. The lowest BCUT2D eigenvalue weighted by Gasteiger charge is -2.09. The van der Waals surface area contributed by atoms with Gasteiger partial charge in [-0.2, -0.15) is 0 Å². The van der Waals surface area contributed by atoms with Crippen LogP contribution in [0.1, 0.15) is 0 Å². The Balaban J connectivity index is 1.71. The Morgan fingerprint density at radius 1 is 0.559 bits per heavy atom. The molecule has 34 heavy (non-hydrogen) atoms. The van der Waals surface area contributed by atoms with Crippen LogP contribution in [0, 0.1) is 20.2 Å². The summed E-state index contributed by atoms with van der Waals surface area (Å²) < 4.78 is 11.6. The fourth-order valence-corrected chi connectivity index (χ4v) is 2.90. The number of non-ortho nitro benzene ring substituents is 2. The number of azo groups is 1. The third-order valence-corrected chi connectivity index (χ3v) is 4.52. The minimum Gasteiger partial charge on any atom is -0.455 e. The number of hydrogen-bond donors (Lipinski definition) is 0. The zero-order valence-electron chi connectivity index (χ0n) is 17.5. The Kier molecular flexibility index (Phi) is 6.50. The molecule has 0 fully saturated rings. The third kappa shape index (κ3) is 5.37. The van der Waals surface area contributed by atoms with Crippen LogP contribution in [0.3, 0.4) is 0 Å². The molecule has 0 heterocycles. The molecule has 4 rings (SSSR count). The van der Waals surface area contributed by atoms with E-state index in [1.807, 2.05) is 12.1 Å². The molecule has 0 amide bonds. The highest BCUT2D eigenvalue weighted by molar-refractivity contribution is 5.61. The maximum atomic E-state index is 11.2. The zero-order chi connectivity index (χ0) is 23.9. The molecule has 0 spiro atoms. The van der Waals surface area contributed by atoms with Crippen LogP contribution in [0.25, 0.3) is 0 Å². The molecule has 4 aromatic carbocycles. The van der Waals surface area contributed by atoms with Crippen molar-refractivity contribution in [1.29, 1.82) is 0 Å². The number of para-hydroxylation sites is 2. The first kappa shape index (κ1) is 22.1. The van der Waals surface area contributed by atoms with Gasteiger partial charge in [0, 0.05) is 12.1 Å². The van der Waals surface area contributed by atoms with Crippen molar-refractivity contribution in [3.63, 3.8) is 0 Å². The molecule has 0 saturated heterocycles. The molecule has 0 aromatic heterocycles. The van der Waals surface area contributed by atoms with Crippen molar-refractivity contribution in [3.8, 4) is 23.0 Å². The van der Waals surface area contributed by atoms with Gasteiger partial charge in [-0.1, -0.05) is 36.4 Å². The molecular weight excluding hydrogens is 440 g/mol. The molecule has 0 N–H and O–H groups in total. The summed E-state index contributed by atoms with van der Waals surface area (Å²) in [5.41, 5.74) is 0.0959. The largest absolute Gasteiger partial charge is 0.455 e. The Morgan fingerprint density at radius 2 is 0.941 bits per heavy atom. The lowest BCUT2D eigenvalue weighted by Crippen LogP contribution is -1.91. The van der Waals surface area contributed by atoms with E-state index in [1.165, 1.54) is 36.4 Å². The van der Waals surface area contributed by atoms with Crippen molar-refractivity contribution in [1.82, 2.24) is 0 Å². The predicted molar refractivity (Wildman–Crippen MR) is 123 cm³/mol. The lowest BCUT2D eigenvalue weighted by molar-refractivity contribution is -0.385. The van der Waals surface area contributed by atoms with Crippen molar-refractivity contribution in [3.05, 3.63) is 117 Å². The van der Waals surface area contributed by atoms with Gasteiger partial charge in [-0.3, -0.25) is 20.2 Å². The summed E-state index contributed by atoms with van der Waals surface area (Å²) in [4.78, 5) is 21.4.